The molecule has 2 saturated heterocycles. The lowest BCUT2D eigenvalue weighted by Crippen LogP contribution is -2.68. The Morgan fingerprint density at radius 1 is 0.946 bits per heavy atom. The van der Waals surface area contributed by atoms with Crippen LogP contribution >= 0.6 is 0 Å². The second kappa shape index (κ2) is 10.7. The third-order valence-electron chi connectivity index (χ3n) is 7.99. The number of sulfonamides is 1. The van der Waals surface area contributed by atoms with Crippen LogP contribution in [0.3, 0.4) is 0 Å². The van der Waals surface area contributed by atoms with E-state index in [2.05, 4.69) is 29.2 Å². The van der Waals surface area contributed by atoms with Gasteiger partial charge in [-0.1, -0.05) is 48.5 Å². The van der Waals surface area contributed by atoms with Crippen molar-refractivity contribution >= 4 is 10.0 Å². The zero-order chi connectivity index (χ0) is 26.2. The van der Waals surface area contributed by atoms with Gasteiger partial charge >= 0.3 is 0 Å². The molecule has 3 aromatic rings. The molecule has 37 heavy (non-hydrogen) atoms. The first-order chi connectivity index (χ1) is 17.8. The van der Waals surface area contributed by atoms with Gasteiger partial charge in [-0.15, -0.1) is 0 Å². The van der Waals surface area contributed by atoms with Crippen LogP contribution in [-0.2, 0) is 14.8 Å². The van der Waals surface area contributed by atoms with Gasteiger partial charge in [0.2, 0.25) is 10.0 Å². The molecule has 2 heterocycles. The Hall–Kier alpha value is -2.58. The van der Waals surface area contributed by atoms with E-state index in [1.807, 2.05) is 32.0 Å². The number of methoxy groups -OCH3 is 1. The number of rotatable bonds is 6. The van der Waals surface area contributed by atoms with Crippen molar-refractivity contribution in [3.8, 4) is 11.1 Å². The SMILES string of the molecule is COC[C@@H]1[C@@H](c2ccc(-c3ccc(F)cc3C)cc2)C2CN(S(=O)(=O)c3ccccc3C)CCCCN21. The van der Waals surface area contributed by atoms with E-state index in [4.69, 9.17) is 4.74 Å². The second-order valence-corrected chi connectivity index (χ2v) is 12.2. The molecule has 0 radical (unpaired) electrons. The van der Waals surface area contributed by atoms with Gasteiger partial charge in [-0.25, -0.2) is 12.8 Å². The molecule has 2 fully saturated rings. The molecule has 0 bridgehead atoms. The summed E-state index contributed by atoms with van der Waals surface area (Å²) in [5.41, 5.74) is 4.91. The molecule has 2 aliphatic rings. The molecule has 3 atom stereocenters. The van der Waals surface area contributed by atoms with Gasteiger partial charge in [-0.2, -0.15) is 4.31 Å². The fourth-order valence-corrected chi connectivity index (χ4v) is 7.82. The zero-order valence-electron chi connectivity index (χ0n) is 21.7. The average Bonchev–Trinajstić information content (AvgIpc) is 2.85. The summed E-state index contributed by atoms with van der Waals surface area (Å²) in [4.78, 5) is 2.83. The lowest BCUT2D eigenvalue weighted by molar-refractivity contribution is -0.0635. The van der Waals surface area contributed by atoms with E-state index in [1.54, 1.807) is 29.6 Å². The van der Waals surface area contributed by atoms with Gasteiger partial charge in [0, 0.05) is 38.2 Å². The normalized spacial score (nSPS) is 23.1. The van der Waals surface area contributed by atoms with Crippen LogP contribution in [0.1, 0.15) is 35.4 Å². The van der Waals surface area contributed by atoms with Crippen LogP contribution in [0.2, 0.25) is 0 Å². The zero-order valence-corrected chi connectivity index (χ0v) is 22.5. The first-order valence-corrected chi connectivity index (χ1v) is 14.4. The molecule has 0 spiro atoms. The fraction of sp³-hybridized carbons (Fsp3) is 0.400. The van der Waals surface area contributed by atoms with Crippen molar-refractivity contribution in [3.05, 3.63) is 89.2 Å². The molecule has 1 unspecified atom stereocenters. The molecule has 196 valence electrons. The molecule has 5 rings (SSSR count). The number of hydrogen-bond donors (Lipinski definition) is 0. The second-order valence-electron chi connectivity index (χ2n) is 10.3. The van der Waals surface area contributed by atoms with E-state index in [0.717, 1.165) is 41.6 Å². The summed E-state index contributed by atoms with van der Waals surface area (Å²) in [5, 5.41) is 0. The summed E-state index contributed by atoms with van der Waals surface area (Å²) in [6, 6.07) is 20.8. The molecule has 0 aliphatic carbocycles. The number of benzene rings is 3. The van der Waals surface area contributed by atoms with Crippen LogP contribution in [-0.4, -0.2) is 63.1 Å². The smallest absolute Gasteiger partial charge is 0.243 e. The third-order valence-corrected chi connectivity index (χ3v) is 10.0. The van der Waals surface area contributed by atoms with Gasteiger partial charge in [0.25, 0.3) is 0 Å². The van der Waals surface area contributed by atoms with Crippen molar-refractivity contribution in [2.45, 2.75) is 49.6 Å². The van der Waals surface area contributed by atoms with Crippen molar-refractivity contribution in [3.63, 3.8) is 0 Å². The van der Waals surface area contributed by atoms with Gasteiger partial charge < -0.3 is 4.74 Å². The minimum atomic E-state index is -3.60. The Balaban J connectivity index is 1.45. The van der Waals surface area contributed by atoms with Crippen LogP contribution in [0.5, 0.6) is 0 Å². The van der Waals surface area contributed by atoms with Crippen LogP contribution in [0.4, 0.5) is 4.39 Å². The minimum absolute atomic E-state index is 0.0812. The molecule has 2 aliphatic heterocycles. The van der Waals surface area contributed by atoms with Crippen LogP contribution < -0.4 is 0 Å². The average molecular weight is 523 g/mol. The molecule has 0 amide bonds. The van der Waals surface area contributed by atoms with Gasteiger partial charge in [0.05, 0.1) is 11.5 Å². The number of halogens is 1. The Bertz CT molecular complexity index is 1360. The summed E-state index contributed by atoms with van der Waals surface area (Å²) in [6.07, 6.45) is 1.79. The van der Waals surface area contributed by atoms with E-state index in [1.165, 1.54) is 11.6 Å². The highest BCUT2D eigenvalue weighted by atomic mass is 32.2. The summed E-state index contributed by atoms with van der Waals surface area (Å²) in [5.74, 6) is -0.0692. The molecular formula is C30H35FN2O3S. The highest BCUT2D eigenvalue weighted by Crippen LogP contribution is 2.43. The highest BCUT2D eigenvalue weighted by Gasteiger charge is 2.50. The maximum atomic E-state index is 13.7. The number of nitrogens with zero attached hydrogens (tertiary/aromatic N) is 2. The predicted octanol–water partition coefficient (Wildman–Crippen LogP) is 5.38. The van der Waals surface area contributed by atoms with Gasteiger partial charge in [0.1, 0.15) is 5.82 Å². The molecule has 0 N–H and O–H groups in total. The molecule has 5 nitrogen and oxygen atoms in total. The van der Waals surface area contributed by atoms with Crippen LogP contribution in [0.25, 0.3) is 11.1 Å². The van der Waals surface area contributed by atoms with Crippen LogP contribution in [0, 0.1) is 19.7 Å². The third kappa shape index (κ3) is 4.98. The number of aryl methyl sites for hydroxylation is 2. The minimum Gasteiger partial charge on any atom is -0.383 e. The van der Waals surface area contributed by atoms with E-state index >= 15 is 0 Å². The fourth-order valence-electron chi connectivity index (χ4n) is 6.10. The number of fused-ring (bicyclic) bond motifs is 1. The summed E-state index contributed by atoms with van der Waals surface area (Å²) >= 11 is 0. The summed E-state index contributed by atoms with van der Waals surface area (Å²) in [7, 11) is -1.87. The van der Waals surface area contributed by atoms with Crippen molar-refractivity contribution in [1.29, 1.82) is 0 Å². The van der Waals surface area contributed by atoms with Gasteiger partial charge in [-0.05, 0) is 79.3 Å². The predicted molar refractivity (Wildman–Crippen MR) is 145 cm³/mol. The topological polar surface area (TPSA) is 49.9 Å². The van der Waals surface area contributed by atoms with E-state index in [0.29, 0.717) is 24.6 Å². The van der Waals surface area contributed by atoms with Crippen molar-refractivity contribution < 1.29 is 17.5 Å². The Morgan fingerprint density at radius 3 is 2.38 bits per heavy atom. The van der Waals surface area contributed by atoms with E-state index in [-0.39, 0.29) is 23.8 Å². The maximum Gasteiger partial charge on any atom is 0.243 e. The van der Waals surface area contributed by atoms with Gasteiger partial charge in [0.15, 0.2) is 0 Å². The Kier molecular flexibility index (Phi) is 7.50. The molecular weight excluding hydrogens is 487 g/mol. The highest BCUT2D eigenvalue weighted by molar-refractivity contribution is 7.89. The lowest BCUT2D eigenvalue weighted by Gasteiger charge is -2.57. The quantitative estimate of drug-likeness (QED) is 0.436. The van der Waals surface area contributed by atoms with Crippen molar-refractivity contribution in [2.24, 2.45) is 0 Å². The van der Waals surface area contributed by atoms with Crippen molar-refractivity contribution in [1.82, 2.24) is 9.21 Å². The standard InChI is InChI=1S/C30H35FN2O3S/c1-21-8-4-5-9-29(21)37(34,35)32-16-6-7-17-33-27(19-32)30(28(33)20-36-3)24-12-10-23(11-13-24)26-15-14-25(31)18-22(26)2/h4-5,8-15,18,27-28,30H,6-7,16-17,19-20H2,1-3H3/t27?,28-,30+/m1/s1. The maximum absolute atomic E-state index is 13.7. The van der Waals surface area contributed by atoms with Crippen LogP contribution in [0.15, 0.2) is 71.6 Å². The largest absolute Gasteiger partial charge is 0.383 e. The monoisotopic (exact) mass is 522 g/mol. The summed E-state index contributed by atoms with van der Waals surface area (Å²) in [6.45, 7) is 6.31. The Labute approximate surface area is 219 Å². The lowest BCUT2D eigenvalue weighted by atomic mass is 9.74. The van der Waals surface area contributed by atoms with E-state index in [9.17, 15) is 12.8 Å². The first kappa shape index (κ1) is 26.0. The number of hydrogen-bond acceptors (Lipinski definition) is 4. The molecule has 3 aromatic carbocycles. The van der Waals surface area contributed by atoms with Crippen molar-refractivity contribution in [2.75, 3.05) is 33.4 Å². The first-order valence-electron chi connectivity index (χ1n) is 13.0. The molecule has 0 aromatic heterocycles. The van der Waals surface area contributed by atoms with Gasteiger partial charge in [-0.3, -0.25) is 4.90 Å². The Morgan fingerprint density at radius 2 is 1.68 bits per heavy atom. The number of ether oxygens (including phenoxy) is 1. The molecule has 0 saturated carbocycles. The molecule has 7 heteroatoms. The van der Waals surface area contributed by atoms with E-state index < -0.39 is 10.0 Å². The summed E-state index contributed by atoms with van der Waals surface area (Å²) < 4.78 is 48.3.